The van der Waals surface area contributed by atoms with Crippen LogP contribution in [0.3, 0.4) is 0 Å². The predicted molar refractivity (Wildman–Crippen MR) is 138 cm³/mol. The van der Waals surface area contributed by atoms with E-state index in [4.69, 9.17) is 9.05 Å². The molecular weight excluding hydrogens is 445 g/mol. The summed E-state index contributed by atoms with van der Waals surface area (Å²) >= 11 is 0. The molecule has 182 valence electrons. The summed E-state index contributed by atoms with van der Waals surface area (Å²) in [5.41, 5.74) is 6.06. The van der Waals surface area contributed by atoms with E-state index in [9.17, 15) is 9.36 Å². The topological polar surface area (TPSA) is 64.6 Å². The maximum Gasteiger partial charge on any atom is 0.335 e. The molecule has 0 radical (unpaired) electrons. The Morgan fingerprint density at radius 1 is 1.00 bits per heavy atom. The molecular formula is C28H36NO4P. The van der Waals surface area contributed by atoms with Gasteiger partial charge in [-0.2, -0.15) is 0 Å². The maximum absolute atomic E-state index is 13.2. The molecule has 0 saturated heterocycles. The van der Waals surface area contributed by atoms with E-state index >= 15 is 0 Å². The highest BCUT2D eigenvalue weighted by Gasteiger charge is 2.26. The van der Waals surface area contributed by atoms with Crippen LogP contribution in [0.2, 0.25) is 0 Å². The Kier molecular flexibility index (Phi) is 8.41. The van der Waals surface area contributed by atoms with Gasteiger partial charge in [-0.15, -0.1) is 0 Å². The molecule has 1 amide bonds. The third-order valence-corrected chi connectivity index (χ3v) is 8.84. The van der Waals surface area contributed by atoms with E-state index in [-0.39, 0.29) is 12.1 Å². The van der Waals surface area contributed by atoms with Gasteiger partial charge in [0, 0.05) is 11.3 Å². The molecule has 1 saturated carbocycles. The molecule has 1 N–H and O–H groups in total. The van der Waals surface area contributed by atoms with E-state index < -0.39 is 7.60 Å². The number of carbonyl (C=O) groups is 1. The van der Waals surface area contributed by atoms with Crippen molar-refractivity contribution in [1.29, 1.82) is 0 Å². The molecule has 2 aliphatic carbocycles. The van der Waals surface area contributed by atoms with Gasteiger partial charge in [-0.1, -0.05) is 55.7 Å². The molecule has 0 spiro atoms. The average molecular weight is 482 g/mol. The highest BCUT2D eigenvalue weighted by molar-refractivity contribution is 7.53. The summed E-state index contributed by atoms with van der Waals surface area (Å²) in [7, 11) is -3.27. The fraction of sp³-hybridized carbons (Fsp3) is 0.464. The number of aryl methyl sites for hydroxylation is 1. The number of anilines is 1. The van der Waals surface area contributed by atoms with E-state index in [1.165, 1.54) is 48.8 Å². The second kappa shape index (κ2) is 11.5. The van der Waals surface area contributed by atoms with Gasteiger partial charge in [0.25, 0.3) is 5.91 Å². The van der Waals surface area contributed by atoms with Crippen molar-refractivity contribution in [3.05, 3.63) is 70.3 Å². The standard InChI is InChI=1S/C28H36NO4P/c1-3-32-34(31,33-4-2)20-25-12-8-9-13-27(25)29-28(30)24-17-15-22-14-16-23(18-26(22)19-24)21-10-6-5-7-11-21/h8-9,12-14,16,18-19,21H,3-7,10-11,15,17,20H2,1-2H3,(H,29,30). The van der Waals surface area contributed by atoms with Gasteiger partial charge in [-0.05, 0) is 79.8 Å². The van der Waals surface area contributed by atoms with Crippen LogP contribution in [0, 0.1) is 0 Å². The van der Waals surface area contributed by atoms with Crippen molar-refractivity contribution in [2.45, 2.75) is 70.9 Å². The van der Waals surface area contributed by atoms with Gasteiger partial charge in [-0.25, -0.2) is 0 Å². The zero-order valence-electron chi connectivity index (χ0n) is 20.3. The lowest BCUT2D eigenvalue weighted by Crippen LogP contribution is -2.18. The second-order valence-electron chi connectivity index (χ2n) is 9.18. The third kappa shape index (κ3) is 6.07. The molecule has 0 aromatic heterocycles. The first-order valence-electron chi connectivity index (χ1n) is 12.6. The number of amides is 1. The summed E-state index contributed by atoms with van der Waals surface area (Å²) in [5, 5.41) is 3.06. The van der Waals surface area contributed by atoms with Crippen molar-refractivity contribution in [2.75, 3.05) is 18.5 Å². The molecule has 2 aromatic carbocycles. The minimum atomic E-state index is -3.27. The molecule has 34 heavy (non-hydrogen) atoms. The molecule has 0 heterocycles. The fourth-order valence-electron chi connectivity index (χ4n) is 5.09. The number of para-hydroxylation sites is 1. The van der Waals surface area contributed by atoms with Gasteiger partial charge >= 0.3 is 7.60 Å². The number of benzene rings is 2. The van der Waals surface area contributed by atoms with Crippen molar-refractivity contribution in [2.24, 2.45) is 0 Å². The summed E-state index contributed by atoms with van der Waals surface area (Å²) in [6.07, 6.45) is 10.2. The first-order chi connectivity index (χ1) is 16.5. The molecule has 0 atom stereocenters. The zero-order valence-corrected chi connectivity index (χ0v) is 21.2. The van der Waals surface area contributed by atoms with Gasteiger partial charge in [0.1, 0.15) is 0 Å². The monoisotopic (exact) mass is 481 g/mol. The molecule has 0 aliphatic heterocycles. The predicted octanol–water partition coefficient (Wildman–Crippen LogP) is 7.47. The lowest BCUT2D eigenvalue weighted by Gasteiger charge is -2.24. The van der Waals surface area contributed by atoms with Gasteiger partial charge in [0.05, 0.1) is 19.4 Å². The Labute approximate surface area is 203 Å². The smallest absolute Gasteiger partial charge is 0.322 e. The molecule has 4 rings (SSSR count). The number of hydrogen-bond donors (Lipinski definition) is 1. The molecule has 0 bridgehead atoms. The van der Waals surface area contributed by atoms with Crippen molar-refractivity contribution in [3.8, 4) is 0 Å². The van der Waals surface area contributed by atoms with Crippen LogP contribution in [0.4, 0.5) is 5.69 Å². The number of rotatable bonds is 9. The summed E-state index contributed by atoms with van der Waals surface area (Å²) in [6.45, 7) is 4.21. The van der Waals surface area contributed by atoms with E-state index in [1.807, 2.05) is 30.3 Å². The maximum atomic E-state index is 13.2. The molecule has 2 aromatic rings. The van der Waals surface area contributed by atoms with Crippen LogP contribution in [-0.4, -0.2) is 19.1 Å². The SMILES string of the molecule is CCOP(=O)(Cc1ccccc1NC(=O)C1=Cc2cc(C3CCCCC3)ccc2CC1)OCC. The van der Waals surface area contributed by atoms with Crippen molar-refractivity contribution < 1.29 is 18.4 Å². The van der Waals surface area contributed by atoms with E-state index in [0.717, 1.165) is 17.6 Å². The Morgan fingerprint density at radius 3 is 2.47 bits per heavy atom. The Bertz CT molecular complexity index is 1080. The quantitative estimate of drug-likeness (QED) is 0.377. The molecule has 1 fully saturated rings. The van der Waals surface area contributed by atoms with E-state index in [2.05, 4.69) is 23.5 Å². The molecule has 2 aliphatic rings. The lowest BCUT2D eigenvalue weighted by molar-refractivity contribution is -0.112. The first kappa shape index (κ1) is 24.9. The van der Waals surface area contributed by atoms with Crippen molar-refractivity contribution >= 4 is 25.3 Å². The zero-order chi connectivity index (χ0) is 24.0. The summed E-state index contributed by atoms with van der Waals surface area (Å²) in [4.78, 5) is 13.2. The van der Waals surface area contributed by atoms with Crippen LogP contribution in [-0.2, 0) is 31.0 Å². The minimum absolute atomic E-state index is 0.108. The van der Waals surface area contributed by atoms with E-state index in [1.54, 1.807) is 13.8 Å². The number of fused-ring (bicyclic) bond motifs is 1. The number of hydrogen-bond acceptors (Lipinski definition) is 4. The molecule has 0 unspecified atom stereocenters. The molecule has 5 nitrogen and oxygen atoms in total. The number of nitrogens with one attached hydrogen (secondary N) is 1. The van der Waals surface area contributed by atoms with Gasteiger partial charge < -0.3 is 14.4 Å². The lowest BCUT2D eigenvalue weighted by atomic mass is 9.81. The van der Waals surface area contributed by atoms with Crippen LogP contribution < -0.4 is 5.32 Å². The third-order valence-electron chi connectivity index (χ3n) is 6.81. The Morgan fingerprint density at radius 2 is 1.74 bits per heavy atom. The summed E-state index contributed by atoms with van der Waals surface area (Å²) in [5.74, 6) is 0.536. The highest BCUT2D eigenvalue weighted by Crippen LogP contribution is 2.52. The largest absolute Gasteiger partial charge is 0.335 e. The first-order valence-corrected chi connectivity index (χ1v) is 14.3. The van der Waals surface area contributed by atoms with Crippen molar-refractivity contribution in [3.63, 3.8) is 0 Å². The summed E-state index contributed by atoms with van der Waals surface area (Å²) < 4.78 is 24.0. The van der Waals surface area contributed by atoms with Gasteiger partial charge in [0.15, 0.2) is 0 Å². The average Bonchev–Trinajstić information content (AvgIpc) is 2.85. The molecule has 6 heteroatoms. The van der Waals surface area contributed by atoms with Crippen LogP contribution >= 0.6 is 7.60 Å². The fourth-order valence-corrected chi connectivity index (χ4v) is 6.82. The normalized spacial score (nSPS) is 16.6. The van der Waals surface area contributed by atoms with Crippen LogP contribution in [0.5, 0.6) is 0 Å². The Hall–Kier alpha value is -2.20. The van der Waals surface area contributed by atoms with Gasteiger partial charge in [-0.3, -0.25) is 9.36 Å². The Balaban J connectivity index is 1.52. The minimum Gasteiger partial charge on any atom is -0.322 e. The number of carbonyl (C=O) groups excluding carboxylic acids is 1. The van der Waals surface area contributed by atoms with Crippen molar-refractivity contribution in [1.82, 2.24) is 0 Å². The van der Waals surface area contributed by atoms with Crippen LogP contribution in [0.15, 0.2) is 48.0 Å². The highest BCUT2D eigenvalue weighted by atomic mass is 31.2. The van der Waals surface area contributed by atoms with Gasteiger partial charge in [0.2, 0.25) is 0 Å². The second-order valence-corrected chi connectivity index (χ2v) is 11.2. The van der Waals surface area contributed by atoms with E-state index in [0.29, 0.717) is 31.2 Å². The van der Waals surface area contributed by atoms with Crippen LogP contribution in [0.25, 0.3) is 6.08 Å². The summed E-state index contributed by atoms with van der Waals surface area (Å²) in [6, 6.07) is 14.3. The van der Waals surface area contributed by atoms with Crippen LogP contribution in [0.1, 0.15) is 80.5 Å².